The fraction of sp³-hybridized carbons (Fsp3) is 0.125. The van der Waals surface area contributed by atoms with Gasteiger partial charge in [-0.05, 0) is 16.5 Å². The molecule has 1 N–H and O–H groups in total. The topological polar surface area (TPSA) is 129 Å². The van der Waals surface area contributed by atoms with Gasteiger partial charge in [-0.3, -0.25) is 14.9 Å². The average Bonchev–Trinajstić information content (AvgIpc) is 2.81. The maximum atomic E-state index is 11.6. The molecule has 2 aromatic heterocycles. The standard InChI is InChI=1S/C8H6ClN7O3/c9-6-2-1-5(16(18)19)8(11-6)12-7(17)3-15-4-10-13-14-15/h1-2,4H,3H2,(H,11,12,17). The molecule has 11 heteroatoms. The molecule has 0 bridgehead atoms. The largest absolute Gasteiger partial charge is 0.311 e. The lowest BCUT2D eigenvalue weighted by Gasteiger charge is -2.04. The summed E-state index contributed by atoms with van der Waals surface area (Å²) in [4.78, 5) is 25.4. The summed E-state index contributed by atoms with van der Waals surface area (Å²) in [5.74, 6) is -0.791. The number of tetrazole rings is 1. The van der Waals surface area contributed by atoms with Crippen LogP contribution in [0.1, 0.15) is 0 Å². The van der Waals surface area contributed by atoms with E-state index in [0.29, 0.717) is 0 Å². The van der Waals surface area contributed by atoms with Gasteiger partial charge < -0.3 is 5.32 Å². The van der Waals surface area contributed by atoms with Gasteiger partial charge >= 0.3 is 5.69 Å². The number of rotatable bonds is 4. The van der Waals surface area contributed by atoms with E-state index in [-0.39, 0.29) is 23.2 Å². The molecule has 0 aliphatic carbocycles. The Morgan fingerprint density at radius 2 is 2.32 bits per heavy atom. The number of anilines is 1. The molecular formula is C8H6ClN7O3. The molecule has 0 radical (unpaired) electrons. The van der Waals surface area contributed by atoms with Crippen LogP contribution in [0, 0.1) is 10.1 Å². The van der Waals surface area contributed by atoms with Gasteiger partial charge in [-0.25, -0.2) is 9.67 Å². The second-order valence-corrected chi connectivity index (χ2v) is 3.70. The highest BCUT2D eigenvalue weighted by Gasteiger charge is 2.18. The van der Waals surface area contributed by atoms with E-state index < -0.39 is 10.8 Å². The van der Waals surface area contributed by atoms with Crippen molar-refractivity contribution < 1.29 is 9.72 Å². The number of amides is 1. The highest BCUT2D eigenvalue weighted by molar-refractivity contribution is 6.29. The molecule has 0 saturated heterocycles. The number of pyridine rings is 1. The number of nitrogens with one attached hydrogen (secondary N) is 1. The third-order valence-electron chi connectivity index (χ3n) is 1.99. The minimum absolute atomic E-state index is 0.0309. The second-order valence-electron chi connectivity index (χ2n) is 3.31. The second kappa shape index (κ2) is 5.35. The van der Waals surface area contributed by atoms with Crippen LogP contribution in [-0.4, -0.2) is 36.0 Å². The van der Waals surface area contributed by atoms with Gasteiger partial charge in [-0.15, -0.1) is 5.10 Å². The van der Waals surface area contributed by atoms with Gasteiger partial charge in [0.2, 0.25) is 11.7 Å². The number of nitrogens with zero attached hydrogens (tertiary/aromatic N) is 6. The van der Waals surface area contributed by atoms with Crippen molar-refractivity contribution in [2.45, 2.75) is 6.54 Å². The normalized spacial score (nSPS) is 10.2. The summed E-state index contributed by atoms with van der Waals surface area (Å²) in [5.41, 5.74) is -0.352. The lowest BCUT2D eigenvalue weighted by molar-refractivity contribution is -0.384. The van der Waals surface area contributed by atoms with Gasteiger partial charge in [0.25, 0.3) is 0 Å². The molecule has 19 heavy (non-hydrogen) atoms. The lowest BCUT2D eigenvalue weighted by atomic mass is 10.4. The van der Waals surface area contributed by atoms with Crippen LogP contribution in [0.3, 0.4) is 0 Å². The summed E-state index contributed by atoms with van der Waals surface area (Å²) >= 11 is 5.63. The predicted octanol–water partition coefficient (Wildman–Crippen LogP) is 0.268. The Labute approximate surface area is 110 Å². The molecule has 2 rings (SSSR count). The van der Waals surface area contributed by atoms with Crippen LogP contribution in [0.4, 0.5) is 11.5 Å². The number of carbonyl (C=O) groups excluding carboxylic acids is 1. The van der Waals surface area contributed by atoms with Crippen molar-refractivity contribution in [3.8, 4) is 0 Å². The molecule has 0 aliphatic rings. The minimum atomic E-state index is -0.671. The van der Waals surface area contributed by atoms with Crippen LogP contribution in [-0.2, 0) is 11.3 Å². The Kier molecular flexibility index (Phi) is 3.61. The first-order chi connectivity index (χ1) is 9.06. The van der Waals surface area contributed by atoms with Gasteiger partial charge in [0, 0.05) is 6.07 Å². The van der Waals surface area contributed by atoms with Crippen LogP contribution < -0.4 is 5.32 Å². The summed E-state index contributed by atoms with van der Waals surface area (Å²) < 4.78 is 1.16. The van der Waals surface area contributed by atoms with Gasteiger partial charge in [-0.2, -0.15) is 0 Å². The smallest absolute Gasteiger partial charge is 0.303 e. The molecular weight excluding hydrogens is 278 g/mol. The molecule has 0 unspecified atom stereocenters. The van der Waals surface area contributed by atoms with Crippen molar-refractivity contribution in [3.63, 3.8) is 0 Å². The van der Waals surface area contributed by atoms with E-state index in [1.54, 1.807) is 0 Å². The predicted molar refractivity (Wildman–Crippen MR) is 62.3 cm³/mol. The lowest BCUT2D eigenvalue weighted by Crippen LogP contribution is -2.20. The van der Waals surface area contributed by atoms with E-state index in [1.807, 2.05) is 0 Å². The zero-order chi connectivity index (χ0) is 13.8. The number of hydrogen-bond acceptors (Lipinski definition) is 7. The molecule has 1 amide bonds. The molecule has 10 nitrogen and oxygen atoms in total. The molecule has 0 atom stereocenters. The van der Waals surface area contributed by atoms with Crippen LogP contribution in [0.15, 0.2) is 18.5 Å². The SMILES string of the molecule is O=C(Cn1cnnn1)Nc1nc(Cl)ccc1[N+](=O)[O-]. The quantitative estimate of drug-likeness (QED) is 0.484. The van der Waals surface area contributed by atoms with Crippen molar-refractivity contribution in [1.82, 2.24) is 25.2 Å². The van der Waals surface area contributed by atoms with E-state index in [4.69, 9.17) is 11.6 Å². The van der Waals surface area contributed by atoms with Gasteiger partial charge in [0.15, 0.2) is 0 Å². The summed E-state index contributed by atoms with van der Waals surface area (Å²) in [6.45, 7) is -0.196. The summed E-state index contributed by atoms with van der Waals surface area (Å²) in [7, 11) is 0. The highest BCUT2D eigenvalue weighted by Crippen LogP contribution is 2.23. The minimum Gasteiger partial charge on any atom is -0.303 e. The summed E-state index contributed by atoms with van der Waals surface area (Å²) in [6, 6.07) is 2.42. The summed E-state index contributed by atoms with van der Waals surface area (Å²) in [6.07, 6.45) is 1.24. The molecule has 98 valence electrons. The third kappa shape index (κ3) is 3.19. The van der Waals surface area contributed by atoms with E-state index in [2.05, 4.69) is 25.8 Å². The Morgan fingerprint density at radius 1 is 1.53 bits per heavy atom. The zero-order valence-electron chi connectivity index (χ0n) is 9.23. The maximum Gasteiger partial charge on any atom is 0.311 e. The first-order valence-corrected chi connectivity index (χ1v) is 5.25. The molecule has 0 aliphatic heterocycles. The van der Waals surface area contributed by atoms with Gasteiger partial charge in [0.05, 0.1) is 4.92 Å². The van der Waals surface area contributed by atoms with Crippen molar-refractivity contribution in [1.29, 1.82) is 0 Å². The van der Waals surface area contributed by atoms with Crippen LogP contribution in [0.5, 0.6) is 0 Å². The van der Waals surface area contributed by atoms with Crippen molar-refractivity contribution in [3.05, 3.63) is 33.7 Å². The van der Waals surface area contributed by atoms with E-state index in [9.17, 15) is 14.9 Å². The van der Waals surface area contributed by atoms with Crippen LogP contribution in [0.2, 0.25) is 5.15 Å². The number of aromatic nitrogens is 5. The van der Waals surface area contributed by atoms with Gasteiger partial charge in [-0.1, -0.05) is 11.6 Å². The maximum absolute atomic E-state index is 11.6. The molecule has 0 saturated carbocycles. The average molecular weight is 284 g/mol. The van der Waals surface area contributed by atoms with Crippen molar-refractivity contribution >= 4 is 29.0 Å². The zero-order valence-corrected chi connectivity index (χ0v) is 9.98. The fourth-order valence-electron chi connectivity index (χ4n) is 1.24. The van der Waals surface area contributed by atoms with E-state index >= 15 is 0 Å². The number of hydrogen-bond donors (Lipinski definition) is 1. The van der Waals surface area contributed by atoms with Crippen molar-refractivity contribution in [2.75, 3.05) is 5.32 Å². The Morgan fingerprint density at radius 3 is 2.95 bits per heavy atom. The number of nitro groups is 1. The third-order valence-corrected chi connectivity index (χ3v) is 2.20. The molecule has 0 spiro atoms. The van der Waals surface area contributed by atoms with Crippen LogP contribution >= 0.6 is 11.6 Å². The molecule has 2 aromatic rings. The first-order valence-electron chi connectivity index (χ1n) is 4.88. The number of carbonyl (C=O) groups is 1. The molecule has 0 fully saturated rings. The monoisotopic (exact) mass is 283 g/mol. The number of halogens is 1. The van der Waals surface area contributed by atoms with Gasteiger partial charge in [0.1, 0.15) is 18.0 Å². The first kappa shape index (κ1) is 12.8. The molecule has 2 heterocycles. The van der Waals surface area contributed by atoms with Crippen LogP contribution in [0.25, 0.3) is 0 Å². The Balaban J connectivity index is 2.16. The Bertz CT molecular complexity index is 615. The molecule has 0 aromatic carbocycles. The van der Waals surface area contributed by atoms with E-state index in [0.717, 1.165) is 10.7 Å². The summed E-state index contributed by atoms with van der Waals surface area (Å²) in [5, 5.41) is 23.3. The Hall–Kier alpha value is -2.62. The highest BCUT2D eigenvalue weighted by atomic mass is 35.5. The fourth-order valence-corrected chi connectivity index (χ4v) is 1.39. The van der Waals surface area contributed by atoms with Crippen molar-refractivity contribution in [2.24, 2.45) is 0 Å². The van der Waals surface area contributed by atoms with E-state index in [1.165, 1.54) is 12.4 Å².